The molecule has 2 rings (SSSR count). The van der Waals surface area contributed by atoms with Crippen molar-refractivity contribution in [1.82, 2.24) is 0 Å². The lowest BCUT2D eigenvalue weighted by molar-refractivity contribution is 0.608. The van der Waals surface area contributed by atoms with Crippen molar-refractivity contribution in [2.75, 3.05) is 0 Å². The van der Waals surface area contributed by atoms with Gasteiger partial charge in [-0.1, -0.05) is 38.1 Å². The third-order valence-corrected chi connectivity index (χ3v) is 3.41. The molecule has 0 spiro atoms. The summed E-state index contributed by atoms with van der Waals surface area (Å²) < 4.78 is 0. The summed E-state index contributed by atoms with van der Waals surface area (Å²) in [6, 6.07) is 4.62. The van der Waals surface area contributed by atoms with Crippen LogP contribution in [0.1, 0.15) is 25.0 Å². The van der Waals surface area contributed by atoms with Crippen LogP contribution in [0.4, 0.5) is 0 Å². The van der Waals surface area contributed by atoms with Gasteiger partial charge in [-0.15, -0.1) is 0 Å². The van der Waals surface area contributed by atoms with Gasteiger partial charge in [-0.25, -0.2) is 0 Å². The highest BCUT2D eigenvalue weighted by Crippen LogP contribution is 2.15. The highest BCUT2D eigenvalue weighted by molar-refractivity contribution is 5.44. The molecule has 0 bridgehead atoms. The number of benzene rings is 1. The van der Waals surface area contributed by atoms with Crippen LogP contribution in [0.3, 0.4) is 0 Å². The summed E-state index contributed by atoms with van der Waals surface area (Å²) in [4.78, 5) is 0. The molecule has 0 radical (unpaired) electrons. The van der Waals surface area contributed by atoms with Gasteiger partial charge in [0.25, 0.3) is 0 Å². The number of aryl methyl sites for hydroxylation is 2. The summed E-state index contributed by atoms with van der Waals surface area (Å²) in [7, 11) is 0. The van der Waals surface area contributed by atoms with Crippen molar-refractivity contribution in [2.24, 2.45) is 11.8 Å². The van der Waals surface area contributed by atoms with Gasteiger partial charge in [0.05, 0.1) is 0 Å². The molecule has 0 saturated heterocycles. The Bertz CT molecular complexity index is 421. The molecule has 14 heavy (non-hydrogen) atoms. The van der Waals surface area contributed by atoms with E-state index in [4.69, 9.17) is 0 Å². The van der Waals surface area contributed by atoms with Crippen LogP contribution in [0.25, 0.3) is 12.2 Å². The molecule has 2 unspecified atom stereocenters. The molecule has 0 amide bonds. The molecule has 74 valence electrons. The monoisotopic (exact) mass is 186 g/mol. The molecule has 1 aliphatic rings. The Labute approximate surface area is 86.0 Å². The van der Waals surface area contributed by atoms with Crippen LogP contribution in [0.5, 0.6) is 0 Å². The maximum Gasteiger partial charge on any atom is -0.0192 e. The normalized spacial score (nSPS) is 24.9. The predicted molar refractivity (Wildman–Crippen MR) is 62.4 cm³/mol. The highest BCUT2D eigenvalue weighted by atomic mass is 14.1. The van der Waals surface area contributed by atoms with Gasteiger partial charge in [-0.3, -0.25) is 0 Å². The molecule has 0 heterocycles. The molecule has 2 atom stereocenters. The Morgan fingerprint density at radius 2 is 1.14 bits per heavy atom. The molecule has 0 fully saturated rings. The van der Waals surface area contributed by atoms with Crippen LogP contribution in [0.15, 0.2) is 12.1 Å². The molecule has 0 aromatic heterocycles. The van der Waals surface area contributed by atoms with Gasteiger partial charge in [-0.05, 0) is 47.2 Å². The summed E-state index contributed by atoms with van der Waals surface area (Å²) in [5, 5.41) is 2.83. The Hall–Kier alpha value is -1.04. The number of hydrogen-bond donors (Lipinski definition) is 0. The van der Waals surface area contributed by atoms with Crippen LogP contribution in [-0.2, 0) is 0 Å². The van der Waals surface area contributed by atoms with E-state index in [1.165, 1.54) is 21.6 Å². The number of hydrogen-bond acceptors (Lipinski definition) is 0. The van der Waals surface area contributed by atoms with Crippen LogP contribution in [-0.4, -0.2) is 0 Å². The Morgan fingerprint density at radius 3 is 1.50 bits per heavy atom. The van der Waals surface area contributed by atoms with Gasteiger partial charge in [0.1, 0.15) is 0 Å². The van der Waals surface area contributed by atoms with Crippen molar-refractivity contribution in [3.8, 4) is 0 Å². The maximum absolute atomic E-state index is 2.40. The van der Waals surface area contributed by atoms with Gasteiger partial charge in [0.15, 0.2) is 0 Å². The third-order valence-electron chi connectivity index (χ3n) is 3.41. The highest BCUT2D eigenvalue weighted by Gasteiger charge is 2.10. The lowest BCUT2D eigenvalue weighted by Gasteiger charge is -2.17. The Kier molecular flexibility index (Phi) is 2.22. The van der Waals surface area contributed by atoms with Gasteiger partial charge in [-0.2, -0.15) is 0 Å². The molecule has 1 aliphatic carbocycles. The van der Waals surface area contributed by atoms with E-state index >= 15 is 0 Å². The quantitative estimate of drug-likeness (QED) is 0.582. The third kappa shape index (κ3) is 1.50. The Balaban J connectivity index is 2.74. The average Bonchev–Trinajstić information content (AvgIpc) is 2.11. The fraction of sp³-hybridized carbons (Fsp3) is 0.429. The van der Waals surface area contributed by atoms with Crippen LogP contribution < -0.4 is 10.4 Å². The van der Waals surface area contributed by atoms with E-state index in [0.717, 1.165) is 0 Å². The first-order valence-electron chi connectivity index (χ1n) is 5.39. The van der Waals surface area contributed by atoms with Crippen molar-refractivity contribution in [3.63, 3.8) is 0 Å². The first kappa shape index (κ1) is 9.51. The summed E-state index contributed by atoms with van der Waals surface area (Å²) in [6.45, 7) is 8.96. The average molecular weight is 186 g/mol. The fourth-order valence-electron chi connectivity index (χ4n) is 2.02. The number of rotatable bonds is 0. The van der Waals surface area contributed by atoms with Crippen LogP contribution in [0, 0.1) is 25.7 Å². The molecule has 0 saturated carbocycles. The molecule has 1 aromatic rings. The van der Waals surface area contributed by atoms with Crippen molar-refractivity contribution in [2.45, 2.75) is 27.7 Å². The zero-order chi connectivity index (χ0) is 10.3. The summed E-state index contributed by atoms with van der Waals surface area (Å²) >= 11 is 0. The zero-order valence-corrected chi connectivity index (χ0v) is 9.46. The smallest absolute Gasteiger partial charge is 0.0192 e. The SMILES string of the molecule is Cc1cc2c(cc1C)=CC(C)C(C)C=2. The van der Waals surface area contributed by atoms with Crippen LogP contribution >= 0.6 is 0 Å². The molecular weight excluding hydrogens is 168 g/mol. The summed E-state index contributed by atoms with van der Waals surface area (Å²) in [5.74, 6) is 1.34. The van der Waals surface area contributed by atoms with E-state index in [2.05, 4.69) is 52.0 Å². The lowest BCUT2D eigenvalue weighted by atomic mass is 9.88. The summed E-state index contributed by atoms with van der Waals surface area (Å²) in [6.07, 6.45) is 4.79. The molecule has 0 heteroatoms. The molecule has 0 N–H and O–H groups in total. The minimum absolute atomic E-state index is 0.671. The minimum Gasteiger partial charge on any atom is -0.0732 e. The van der Waals surface area contributed by atoms with Crippen molar-refractivity contribution in [3.05, 3.63) is 33.7 Å². The van der Waals surface area contributed by atoms with Gasteiger partial charge < -0.3 is 0 Å². The Morgan fingerprint density at radius 1 is 0.786 bits per heavy atom. The van der Waals surface area contributed by atoms with Gasteiger partial charge in [0, 0.05) is 0 Å². The molecule has 1 aromatic carbocycles. The molecular formula is C14H18. The predicted octanol–water partition coefficient (Wildman–Crippen LogP) is 2.15. The molecule has 0 nitrogen and oxygen atoms in total. The van der Waals surface area contributed by atoms with Gasteiger partial charge >= 0.3 is 0 Å². The second-order valence-electron chi connectivity index (χ2n) is 4.62. The maximum atomic E-state index is 2.40. The van der Waals surface area contributed by atoms with E-state index in [1.807, 2.05) is 0 Å². The van der Waals surface area contributed by atoms with Gasteiger partial charge in [0.2, 0.25) is 0 Å². The van der Waals surface area contributed by atoms with Crippen LogP contribution in [0.2, 0.25) is 0 Å². The standard InChI is InChI=1S/C14H18/c1-9-5-13-7-11(3)12(4)8-14(13)6-10(9)2/h5-10H,1-4H3. The first-order chi connectivity index (χ1) is 6.58. The second-order valence-corrected chi connectivity index (χ2v) is 4.62. The van der Waals surface area contributed by atoms with Crippen molar-refractivity contribution >= 4 is 12.2 Å². The van der Waals surface area contributed by atoms with Crippen molar-refractivity contribution < 1.29 is 0 Å². The van der Waals surface area contributed by atoms with E-state index < -0.39 is 0 Å². The topological polar surface area (TPSA) is 0 Å². The van der Waals surface area contributed by atoms with E-state index in [-0.39, 0.29) is 0 Å². The first-order valence-corrected chi connectivity index (χ1v) is 5.39. The second kappa shape index (κ2) is 3.27. The largest absolute Gasteiger partial charge is 0.0732 e. The lowest BCUT2D eigenvalue weighted by Crippen LogP contribution is -2.32. The van der Waals surface area contributed by atoms with E-state index in [9.17, 15) is 0 Å². The minimum atomic E-state index is 0.671. The summed E-state index contributed by atoms with van der Waals surface area (Å²) in [5.41, 5.74) is 2.80. The number of fused-ring (bicyclic) bond motifs is 1. The van der Waals surface area contributed by atoms with Crippen molar-refractivity contribution in [1.29, 1.82) is 0 Å². The van der Waals surface area contributed by atoms with E-state index in [0.29, 0.717) is 11.8 Å². The fourth-order valence-corrected chi connectivity index (χ4v) is 2.02. The molecule has 0 aliphatic heterocycles. The van der Waals surface area contributed by atoms with E-state index in [1.54, 1.807) is 0 Å². The zero-order valence-electron chi connectivity index (χ0n) is 9.46.